The van der Waals surface area contributed by atoms with E-state index in [0.717, 1.165) is 43.4 Å². The molecule has 0 aliphatic carbocycles. The van der Waals surface area contributed by atoms with Crippen LogP contribution in [-0.4, -0.2) is 0 Å². The highest BCUT2D eigenvalue weighted by Gasteiger charge is 2.28. The Bertz CT molecular complexity index is 3130. The largest absolute Gasteiger partial charge is 0.305 e. The second-order valence-electron chi connectivity index (χ2n) is 19.2. The maximum absolute atomic E-state index is 16.9. The van der Waals surface area contributed by atoms with E-state index >= 15 is 17.6 Å². The molecular weight excluding hydrogens is 825 g/mol. The van der Waals surface area contributed by atoms with Crippen LogP contribution in [0.4, 0.5) is 51.7 Å². The van der Waals surface area contributed by atoms with Gasteiger partial charge >= 0.3 is 0 Å². The van der Waals surface area contributed by atoms with Crippen molar-refractivity contribution in [3.8, 4) is 22.3 Å². The van der Waals surface area contributed by atoms with Gasteiger partial charge < -0.3 is 9.80 Å². The van der Waals surface area contributed by atoms with Crippen molar-refractivity contribution in [2.45, 2.75) is 52.4 Å². The molecule has 0 aliphatic rings. The number of hydrogen-bond donors (Lipinski definition) is 0. The zero-order valence-corrected chi connectivity index (χ0v) is 37.7. The second kappa shape index (κ2) is 16.2. The maximum atomic E-state index is 16.9. The number of halogens is 4. The second-order valence-corrected chi connectivity index (χ2v) is 19.2. The van der Waals surface area contributed by atoms with Crippen molar-refractivity contribution in [3.63, 3.8) is 0 Å². The summed E-state index contributed by atoms with van der Waals surface area (Å²) >= 11 is 0. The average molecular weight is 873 g/mol. The minimum Gasteiger partial charge on any atom is -0.305 e. The molecule has 6 heteroatoms. The Morgan fingerprint density at radius 2 is 0.652 bits per heavy atom. The molecule has 0 heterocycles. The van der Waals surface area contributed by atoms with Crippen LogP contribution in [0.15, 0.2) is 182 Å². The molecular formula is C60H48F4N2. The minimum atomic E-state index is -0.711. The summed E-state index contributed by atoms with van der Waals surface area (Å²) in [5, 5.41) is 5.01. The van der Waals surface area contributed by atoms with Gasteiger partial charge in [0.1, 0.15) is 11.4 Å². The molecule has 0 amide bonds. The highest BCUT2D eigenvalue weighted by molar-refractivity contribution is 6.28. The van der Waals surface area contributed by atoms with Crippen LogP contribution in [0.3, 0.4) is 0 Å². The van der Waals surface area contributed by atoms with Crippen molar-refractivity contribution >= 4 is 66.4 Å². The predicted molar refractivity (Wildman–Crippen MR) is 268 cm³/mol. The molecule has 10 rings (SSSR count). The Morgan fingerprint density at radius 1 is 0.333 bits per heavy atom. The molecule has 0 saturated carbocycles. The molecule has 0 aromatic heterocycles. The number of hydrogen-bond acceptors (Lipinski definition) is 2. The van der Waals surface area contributed by atoms with E-state index in [1.807, 2.05) is 158 Å². The fourth-order valence-corrected chi connectivity index (χ4v) is 9.31. The quantitative estimate of drug-likeness (QED) is 0.111. The van der Waals surface area contributed by atoms with E-state index in [-0.39, 0.29) is 22.2 Å². The monoisotopic (exact) mass is 872 g/mol. The van der Waals surface area contributed by atoms with Gasteiger partial charge in [-0.2, -0.15) is 0 Å². The Morgan fingerprint density at radius 3 is 0.970 bits per heavy atom. The Kier molecular flexibility index (Phi) is 10.4. The van der Waals surface area contributed by atoms with Gasteiger partial charge in [-0.05, 0) is 126 Å². The van der Waals surface area contributed by atoms with Crippen LogP contribution in [0.5, 0.6) is 0 Å². The number of benzene rings is 10. The van der Waals surface area contributed by atoms with Gasteiger partial charge in [-0.25, -0.2) is 17.6 Å². The Labute approximate surface area is 383 Å². The summed E-state index contributed by atoms with van der Waals surface area (Å²) in [5.74, 6) is -2.84. The van der Waals surface area contributed by atoms with Crippen molar-refractivity contribution in [1.29, 1.82) is 0 Å². The smallest absolute Gasteiger partial charge is 0.150 e. The summed E-state index contributed by atoms with van der Waals surface area (Å²) in [4.78, 5) is 3.33. The van der Waals surface area contributed by atoms with E-state index in [1.54, 1.807) is 9.80 Å². The van der Waals surface area contributed by atoms with Gasteiger partial charge in [0.15, 0.2) is 23.3 Å². The summed E-state index contributed by atoms with van der Waals surface area (Å²) in [6.07, 6.45) is 0. The minimum absolute atomic E-state index is 0.153. The van der Waals surface area contributed by atoms with Gasteiger partial charge in [-0.1, -0.05) is 163 Å². The van der Waals surface area contributed by atoms with Crippen molar-refractivity contribution < 1.29 is 17.6 Å². The van der Waals surface area contributed by atoms with Crippen LogP contribution in [0.25, 0.3) is 54.6 Å². The topological polar surface area (TPSA) is 6.48 Å². The third-order valence-electron chi connectivity index (χ3n) is 12.8. The molecule has 326 valence electrons. The molecule has 0 saturated heterocycles. The van der Waals surface area contributed by atoms with Crippen molar-refractivity contribution in [2.75, 3.05) is 9.80 Å². The first kappa shape index (κ1) is 42.5. The summed E-state index contributed by atoms with van der Waals surface area (Å²) < 4.78 is 67.5. The van der Waals surface area contributed by atoms with Gasteiger partial charge in [0.25, 0.3) is 0 Å². The van der Waals surface area contributed by atoms with Crippen LogP contribution >= 0.6 is 0 Å². The lowest BCUT2D eigenvalue weighted by molar-refractivity contribution is 0.585. The van der Waals surface area contributed by atoms with E-state index in [1.165, 1.54) is 24.3 Å². The van der Waals surface area contributed by atoms with E-state index in [0.29, 0.717) is 45.0 Å². The van der Waals surface area contributed by atoms with E-state index in [2.05, 4.69) is 41.5 Å². The molecule has 2 nitrogen and oxygen atoms in total. The number of nitrogens with zero attached hydrogens (tertiary/aromatic N) is 2. The molecule has 0 N–H and O–H groups in total. The molecule has 0 fully saturated rings. The van der Waals surface area contributed by atoms with Gasteiger partial charge in [-0.15, -0.1) is 0 Å². The van der Waals surface area contributed by atoms with Gasteiger partial charge in [0.2, 0.25) is 0 Å². The summed E-state index contributed by atoms with van der Waals surface area (Å²) in [7, 11) is 0. The van der Waals surface area contributed by atoms with Gasteiger partial charge in [-0.3, -0.25) is 0 Å². The molecule has 0 bridgehead atoms. The van der Waals surface area contributed by atoms with Crippen molar-refractivity contribution in [2.24, 2.45) is 0 Å². The summed E-state index contributed by atoms with van der Waals surface area (Å²) in [5.41, 5.74) is 6.01. The lowest BCUT2D eigenvalue weighted by Crippen LogP contribution is -2.16. The molecule has 0 radical (unpaired) electrons. The van der Waals surface area contributed by atoms with E-state index < -0.39 is 23.3 Å². The first-order valence-corrected chi connectivity index (χ1v) is 22.3. The molecule has 0 atom stereocenters. The lowest BCUT2D eigenvalue weighted by atomic mass is 9.87. The standard InChI is InChI=1S/C60H48F4N2/c1-59(2,3)43-21-25-45(26-22-43)65(57-49(61)33-41(34-50(57)62)37-13-9-7-10-14-37)53-31-19-39-18-30-48-54(32-20-40-17-29-47(53)55(39)56(40)48)66(46-27-23-44(24-28-46)60(4,5)6)58-51(63)35-42(36-52(58)64)38-15-11-8-12-16-38/h7-36H,1-6H3. The highest BCUT2D eigenvalue weighted by atomic mass is 19.1. The lowest BCUT2D eigenvalue weighted by Gasteiger charge is -2.30. The van der Waals surface area contributed by atoms with E-state index in [4.69, 9.17) is 0 Å². The van der Waals surface area contributed by atoms with E-state index in [9.17, 15) is 0 Å². The Balaban J connectivity index is 1.21. The number of anilines is 6. The fraction of sp³-hybridized carbons (Fsp3) is 0.133. The van der Waals surface area contributed by atoms with Gasteiger partial charge in [0.05, 0.1) is 11.4 Å². The summed E-state index contributed by atoms with van der Waals surface area (Å²) in [6.45, 7) is 12.8. The van der Waals surface area contributed by atoms with Crippen molar-refractivity contribution in [1.82, 2.24) is 0 Å². The molecule has 10 aromatic carbocycles. The highest BCUT2D eigenvalue weighted by Crippen LogP contribution is 2.50. The van der Waals surface area contributed by atoms with Crippen LogP contribution in [0, 0.1) is 23.3 Å². The van der Waals surface area contributed by atoms with Crippen LogP contribution < -0.4 is 9.80 Å². The molecule has 66 heavy (non-hydrogen) atoms. The van der Waals surface area contributed by atoms with Gasteiger partial charge in [0, 0.05) is 22.1 Å². The van der Waals surface area contributed by atoms with Crippen LogP contribution in [0.1, 0.15) is 52.7 Å². The molecule has 0 aliphatic heterocycles. The first-order valence-electron chi connectivity index (χ1n) is 22.3. The third-order valence-corrected chi connectivity index (χ3v) is 12.8. The molecule has 0 spiro atoms. The fourth-order valence-electron chi connectivity index (χ4n) is 9.31. The molecule has 10 aromatic rings. The zero-order valence-electron chi connectivity index (χ0n) is 37.7. The molecule has 0 unspecified atom stereocenters. The average Bonchev–Trinajstić information content (AvgIpc) is 3.31. The maximum Gasteiger partial charge on any atom is 0.150 e. The SMILES string of the molecule is CC(C)(C)c1ccc(N(c2c(F)cc(-c3ccccc3)cc2F)c2ccc3ccc4c(N(c5ccc(C(C)(C)C)cc5)c5c(F)cc(-c6ccccc6)cc5F)ccc5ccc2c3c54)cc1. The van der Waals surface area contributed by atoms with Crippen molar-refractivity contribution in [3.05, 3.63) is 216 Å². The third kappa shape index (κ3) is 7.50. The van der Waals surface area contributed by atoms with Crippen LogP contribution in [-0.2, 0) is 10.8 Å². The number of rotatable bonds is 8. The Hall–Kier alpha value is -7.44. The predicted octanol–water partition coefficient (Wildman–Crippen LogP) is 18.0. The zero-order chi connectivity index (χ0) is 46.1. The first-order chi connectivity index (χ1) is 31.7. The normalized spacial score (nSPS) is 12.1. The van der Waals surface area contributed by atoms with Crippen LogP contribution in [0.2, 0.25) is 0 Å². The summed E-state index contributed by atoms with van der Waals surface area (Å²) in [6, 6.07) is 55.4.